The molecule has 0 saturated carbocycles. The van der Waals surface area contributed by atoms with Crippen LogP contribution in [-0.2, 0) is 4.79 Å². The number of anilines is 2. The molecule has 0 aliphatic carbocycles. The fourth-order valence-electron chi connectivity index (χ4n) is 3.20. The van der Waals surface area contributed by atoms with Crippen LogP contribution in [0.1, 0.15) is 22.3 Å². The van der Waals surface area contributed by atoms with Gasteiger partial charge in [-0.2, -0.15) is 0 Å². The van der Waals surface area contributed by atoms with Gasteiger partial charge in [0.2, 0.25) is 0 Å². The summed E-state index contributed by atoms with van der Waals surface area (Å²) in [6.07, 6.45) is 0.214. The van der Waals surface area contributed by atoms with Crippen LogP contribution < -0.4 is 10.6 Å². The summed E-state index contributed by atoms with van der Waals surface area (Å²) in [7, 11) is 0. The molecule has 0 radical (unpaired) electrons. The fourth-order valence-corrected chi connectivity index (χ4v) is 3.20. The van der Waals surface area contributed by atoms with Crippen LogP contribution in [0.15, 0.2) is 77.8 Å². The summed E-state index contributed by atoms with van der Waals surface area (Å²) in [5.74, 6) is -1.71. The number of carboxylic acid groups (broad SMARTS) is 1. The highest BCUT2D eigenvalue weighted by atomic mass is 19.1. The highest BCUT2D eigenvalue weighted by Gasteiger charge is 2.24. The predicted molar refractivity (Wildman–Crippen MR) is 113 cm³/mol. The topological polar surface area (TPSA) is 90.8 Å². The first-order chi connectivity index (χ1) is 14.5. The van der Waals surface area contributed by atoms with E-state index in [0.717, 1.165) is 5.56 Å². The van der Waals surface area contributed by atoms with Crippen molar-refractivity contribution in [1.29, 1.82) is 0 Å². The first-order valence-corrected chi connectivity index (χ1v) is 9.33. The number of carbonyl (C=O) groups excluding carboxylic acids is 1. The number of aliphatic imine (C=N–C) groups is 1. The highest BCUT2D eigenvalue weighted by molar-refractivity contribution is 6.07. The van der Waals surface area contributed by atoms with Crippen molar-refractivity contribution in [1.82, 2.24) is 0 Å². The van der Waals surface area contributed by atoms with Crippen LogP contribution in [0.3, 0.4) is 0 Å². The summed E-state index contributed by atoms with van der Waals surface area (Å²) < 4.78 is 13.0. The van der Waals surface area contributed by atoms with Crippen molar-refractivity contribution < 1.29 is 19.1 Å². The number of benzene rings is 3. The minimum absolute atomic E-state index is 0.214. The number of nitrogens with zero attached hydrogens (tertiary/aromatic N) is 1. The Kier molecular flexibility index (Phi) is 5.26. The first kappa shape index (κ1) is 19.3. The summed E-state index contributed by atoms with van der Waals surface area (Å²) in [6, 6.07) is 18.8. The van der Waals surface area contributed by atoms with E-state index in [0.29, 0.717) is 28.3 Å². The van der Waals surface area contributed by atoms with E-state index in [-0.39, 0.29) is 12.3 Å². The van der Waals surface area contributed by atoms with E-state index in [9.17, 15) is 19.1 Å². The van der Waals surface area contributed by atoms with Crippen LogP contribution in [0.4, 0.5) is 21.5 Å². The molecule has 0 aromatic heterocycles. The van der Waals surface area contributed by atoms with Crippen molar-refractivity contribution in [2.75, 3.05) is 10.6 Å². The van der Waals surface area contributed by atoms with Gasteiger partial charge >= 0.3 is 5.97 Å². The predicted octanol–water partition coefficient (Wildman–Crippen LogP) is 4.47. The van der Waals surface area contributed by atoms with E-state index in [2.05, 4.69) is 15.6 Å². The number of fused-ring (bicyclic) bond motifs is 1. The molecule has 150 valence electrons. The number of halogens is 1. The maximum Gasteiger partial charge on any atom is 0.326 e. The Morgan fingerprint density at radius 2 is 1.70 bits per heavy atom. The van der Waals surface area contributed by atoms with Crippen molar-refractivity contribution >= 4 is 34.7 Å². The lowest BCUT2D eigenvalue weighted by molar-refractivity contribution is -0.137. The minimum Gasteiger partial charge on any atom is -0.480 e. The quantitative estimate of drug-likeness (QED) is 0.600. The standard InChI is InChI=1S/C23H18FN3O3/c24-16-9-5-15(6-10-16)22(28)25-17-11-7-14(8-12-17)20-13-21(23(29)30)27-19-4-2-1-3-18(19)26-20/h1-12,21,27H,13H2,(H,25,28)(H,29,30)/t21-/m1/s1. The Labute approximate surface area is 172 Å². The van der Waals surface area contributed by atoms with Gasteiger partial charge < -0.3 is 15.7 Å². The highest BCUT2D eigenvalue weighted by Crippen LogP contribution is 2.30. The van der Waals surface area contributed by atoms with Gasteiger partial charge in [-0.1, -0.05) is 24.3 Å². The lowest BCUT2D eigenvalue weighted by Gasteiger charge is -2.14. The number of aliphatic carboxylic acids is 1. The van der Waals surface area contributed by atoms with E-state index in [1.165, 1.54) is 24.3 Å². The van der Waals surface area contributed by atoms with Gasteiger partial charge in [0.15, 0.2) is 0 Å². The maximum absolute atomic E-state index is 13.0. The zero-order valence-electron chi connectivity index (χ0n) is 15.8. The van der Waals surface area contributed by atoms with Crippen LogP contribution in [-0.4, -0.2) is 28.7 Å². The Balaban J connectivity index is 1.57. The largest absolute Gasteiger partial charge is 0.480 e. The first-order valence-electron chi connectivity index (χ1n) is 9.33. The van der Waals surface area contributed by atoms with Crippen LogP contribution in [0.2, 0.25) is 0 Å². The van der Waals surface area contributed by atoms with Crippen LogP contribution >= 0.6 is 0 Å². The molecule has 0 bridgehead atoms. The number of hydrogen-bond donors (Lipinski definition) is 3. The van der Waals surface area contributed by atoms with Gasteiger partial charge in [-0.3, -0.25) is 9.79 Å². The molecule has 3 aromatic carbocycles. The van der Waals surface area contributed by atoms with E-state index in [1.807, 2.05) is 18.2 Å². The second-order valence-corrected chi connectivity index (χ2v) is 6.85. The molecule has 0 unspecified atom stereocenters. The zero-order chi connectivity index (χ0) is 21.1. The van der Waals surface area contributed by atoms with E-state index >= 15 is 0 Å². The van der Waals surface area contributed by atoms with Gasteiger partial charge in [0.25, 0.3) is 5.91 Å². The smallest absolute Gasteiger partial charge is 0.326 e. The number of carbonyl (C=O) groups is 2. The van der Waals surface area contributed by atoms with Gasteiger partial charge in [0.1, 0.15) is 11.9 Å². The molecule has 1 aliphatic rings. The SMILES string of the molecule is O=C(Nc1ccc(C2=Nc3ccccc3N[C@@H](C(=O)O)C2)cc1)c1ccc(F)cc1. The van der Waals surface area contributed by atoms with Gasteiger partial charge in [0.05, 0.1) is 17.1 Å². The molecule has 3 N–H and O–H groups in total. The van der Waals surface area contributed by atoms with Crippen molar-refractivity contribution in [3.63, 3.8) is 0 Å². The Hall–Kier alpha value is -4.00. The second kappa shape index (κ2) is 8.16. The van der Waals surface area contributed by atoms with Crippen molar-refractivity contribution in [2.45, 2.75) is 12.5 Å². The normalized spacial score (nSPS) is 15.2. The van der Waals surface area contributed by atoms with Crippen LogP contribution in [0, 0.1) is 5.82 Å². The average molecular weight is 403 g/mol. The molecular formula is C23H18FN3O3. The Bertz CT molecular complexity index is 1130. The summed E-state index contributed by atoms with van der Waals surface area (Å²) in [4.78, 5) is 28.6. The number of amides is 1. The van der Waals surface area contributed by atoms with Crippen molar-refractivity contribution in [2.24, 2.45) is 4.99 Å². The number of hydrogen-bond acceptors (Lipinski definition) is 4. The van der Waals surface area contributed by atoms with E-state index in [1.54, 1.807) is 30.3 Å². The molecule has 6 nitrogen and oxygen atoms in total. The monoisotopic (exact) mass is 403 g/mol. The van der Waals surface area contributed by atoms with Crippen molar-refractivity contribution in [3.05, 3.63) is 89.7 Å². The molecule has 0 saturated heterocycles. The van der Waals surface area contributed by atoms with Gasteiger partial charge in [0, 0.05) is 17.7 Å². The number of para-hydroxylation sites is 2. The Morgan fingerprint density at radius 1 is 1.00 bits per heavy atom. The Morgan fingerprint density at radius 3 is 2.40 bits per heavy atom. The number of rotatable bonds is 4. The lowest BCUT2D eigenvalue weighted by Crippen LogP contribution is -2.31. The molecule has 1 atom stereocenters. The maximum atomic E-state index is 13.0. The molecule has 0 spiro atoms. The van der Waals surface area contributed by atoms with E-state index < -0.39 is 17.8 Å². The molecule has 1 amide bonds. The second-order valence-electron chi connectivity index (χ2n) is 6.85. The third-order valence-electron chi connectivity index (χ3n) is 4.77. The molecule has 1 aliphatic heterocycles. The molecule has 4 rings (SSSR count). The summed E-state index contributed by atoms with van der Waals surface area (Å²) >= 11 is 0. The third-order valence-corrected chi connectivity index (χ3v) is 4.77. The molecule has 3 aromatic rings. The van der Waals surface area contributed by atoms with Crippen molar-refractivity contribution in [3.8, 4) is 0 Å². The van der Waals surface area contributed by atoms with Gasteiger partial charge in [-0.25, -0.2) is 9.18 Å². The van der Waals surface area contributed by atoms with Crippen LogP contribution in [0.5, 0.6) is 0 Å². The lowest BCUT2D eigenvalue weighted by atomic mass is 10.0. The van der Waals surface area contributed by atoms with Gasteiger partial charge in [-0.15, -0.1) is 0 Å². The summed E-state index contributed by atoms with van der Waals surface area (Å²) in [5.41, 5.74) is 3.65. The number of carboxylic acids is 1. The molecule has 1 heterocycles. The molecule has 0 fully saturated rings. The minimum atomic E-state index is -0.956. The average Bonchev–Trinajstić information content (AvgIpc) is 2.95. The number of nitrogens with one attached hydrogen (secondary N) is 2. The summed E-state index contributed by atoms with van der Waals surface area (Å²) in [5, 5.41) is 15.3. The fraction of sp³-hybridized carbons (Fsp3) is 0.0870. The third kappa shape index (κ3) is 4.20. The zero-order valence-corrected chi connectivity index (χ0v) is 15.8. The van der Waals surface area contributed by atoms with Gasteiger partial charge in [-0.05, 0) is 54.1 Å². The molecule has 30 heavy (non-hydrogen) atoms. The van der Waals surface area contributed by atoms with E-state index in [4.69, 9.17) is 0 Å². The molecular weight excluding hydrogens is 385 g/mol. The molecule has 7 heteroatoms. The summed E-state index contributed by atoms with van der Waals surface area (Å²) in [6.45, 7) is 0. The van der Waals surface area contributed by atoms with Crippen LogP contribution in [0.25, 0.3) is 0 Å².